The van der Waals surface area contributed by atoms with Gasteiger partial charge in [0, 0.05) is 44.1 Å². The molecule has 0 saturated carbocycles. The molecule has 4 aliphatic rings. The van der Waals surface area contributed by atoms with Crippen LogP contribution in [0, 0.1) is 13.8 Å². The van der Waals surface area contributed by atoms with Crippen LogP contribution in [0.4, 0.5) is 34.1 Å². The zero-order valence-electron chi connectivity index (χ0n) is 32.3. The van der Waals surface area contributed by atoms with Crippen molar-refractivity contribution in [1.29, 1.82) is 0 Å². The molecule has 5 heterocycles. The van der Waals surface area contributed by atoms with Crippen molar-refractivity contribution in [2.45, 2.75) is 66.2 Å². The van der Waals surface area contributed by atoms with Crippen LogP contribution in [0.1, 0.15) is 63.8 Å². The van der Waals surface area contributed by atoms with Crippen molar-refractivity contribution < 1.29 is 18.9 Å². The average Bonchev–Trinajstić information content (AvgIpc) is 3.52. The third-order valence-corrected chi connectivity index (χ3v) is 12.7. The molecule has 54 heavy (non-hydrogen) atoms. The Morgan fingerprint density at radius 2 is 1.19 bits per heavy atom. The van der Waals surface area contributed by atoms with Gasteiger partial charge in [0.05, 0.1) is 17.1 Å². The molecule has 6 aromatic rings. The molecule has 0 atom stereocenters. The summed E-state index contributed by atoms with van der Waals surface area (Å²) in [6.45, 7) is 20.5. The van der Waals surface area contributed by atoms with Crippen LogP contribution in [0.5, 0.6) is 23.0 Å². The van der Waals surface area contributed by atoms with Crippen molar-refractivity contribution in [1.82, 2.24) is 0 Å². The number of anilines is 6. The summed E-state index contributed by atoms with van der Waals surface area (Å²) in [7, 11) is 0. The maximum atomic E-state index is 6.31. The van der Waals surface area contributed by atoms with Crippen molar-refractivity contribution in [2.75, 3.05) is 36.2 Å². The van der Waals surface area contributed by atoms with Crippen molar-refractivity contribution >= 4 is 78.0 Å². The summed E-state index contributed by atoms with van der Waals surface area (Å²) in [6.07, 6.45) is 0. The average molecular weight is 733 g/mol. The van der Waals surface area contributed by atoms with E-state index in [9.17, 15) is 0 Å². The number of nitrogens with zero attached hydrogens (tertiary/aromatic N) is 2. The lowest BCUT2D eigenvalue weighted by Gasteiger charge is -2.44. The standard InChI is InChI=1S/C46H45BN2O4S/c1-26-20-29(46(6,7)8)21-27(2)42(26)49-34-11-9-10-33-41(34)47(44-43(49)31-22-28(45(3,4)5)12-15-40(31)54-44)32-24-38-39(53-19-18-52-38)25-35(32)48(33)30-13-14-36-37(23-30)51-17-16-50-36/h9-15,20-25H,16-19H2,1-8H3. The topological polar surface area (TPSA) is 43.4 Å². The first kappa shape index (κ1) is 33.5. The quantitative estimate of drug-likeness (QED) is 0.165. The fraction of sp³-hybridized carbons (Fsp3) is 0.304. The zero-order chi connectivity index (χ0) is 37.3. The van der Waals surface area contributed by atoms with Gasteiger partial charge in [0.15, 0.2) is 23.0 Å². The number of ether oxygens (including phenoxy) is 4. The third-order valence-electron chi connectivity index (χ3n) is 11.5. The fourth-order valence-electron chi connectivity index (χ4n) is 8.84. The maximum absolute atomic E-state index is 6.31. The Kier molecular flexibility index (Phi) is 7.26. The van der Waals surface area contributed by atoms with E-state index in [1.54, 1.807) is 0 Å². The molecule has 0 aliphatic carbocycles. The summed E-state index contributed by atoms with van der Waals surface area (Å²) in [5.74, 6) is 3.11. The Hall–Kier alpha value is -5.08. The summed E-state index contributed by atoms with van der Waals surface area (Å²) in [5.41, 5.74) is 14.7. The van der Waals surface area contributed by atoms with Gasteiger partial charge in [-0.2, -0.15) is 0 Å². The van der Waals surface area contributed by atoms with Crippen LogP contribution in [-0.2, 0) is 10.8 Å². The van der Waals surface area contributed by atoms with Crippen molar-refractivity contribution in [3.63, 3.8) is 0 Å². The van der Waals surface area contributed by atoms with Gasteiger partial charge in [-0.05, 0) is 100 Å². The maximum Gasteiger partial charge on any atom is 0.264 e. The number of hydrogen-bond donors (Lipinski definition) is 0. The molecule has 0 bridgehead atoms. The largest absolute Gasteiger partial charge is 0.486 e. The van der Waals surface area contributed by atoms with Crippen LogP contribution in [-0.4, -0.2) is 33.1 Å². The summed E-state index contributed by atoms with van der Waals surface area (Å²) in [4.78, 5) is 4.98. The monoisotopic (exact) mass is 732 g/mol. The number of thiophene rings is 1. The first-order valence-electron chi connectivity index (χ1n) is 19.1. The Labute approximate surface area is 322 Å². The molecule has 0 fully saturated rings. The molecular weight excluding hydrogens is 687 g/mol. The highest BCUT2D eigenvalue weighted by atomic mass is 32.1. The second-order valence-corrected chi connectivity index (χ2v) is 18.3. The number of benzene rings is 5. The molecule has 10 rings (SSSR count). The summed E-state index contributed by atoms with van der Waals surface area (Å²) in [5, 5.41) is 1.30. The van der Waals surface area contributed by atoms with E-state index >= 15 is 0 Å². The molecule has 0 spiro atoms. The van der Waals surface area contributed by atoms with Gasteiger partial charge < -0.3 is 28.7 Å². The summed E-state index contributed by atoms with van der Waals surface area (Å²) in [6, 6.07) is 29.5. The van der Waals surface area contributed by atoms with Gasteiger partial charge in [0.25, 0.3) is 6.71 Å². The van der Waals surface area contributed by atoms with Gasteiger partial charge in [-0.15, -0.1) is 11.3 Å². The second kappa shape index (κ2) is 11.7. The molecule has 0 unspecified atom stereocenters. The summed E-state index contributed by atoms with van der Waals surface area (Å²) >= 11 is 1.92. The van der Waals surface area contributed by atoms with E-state index in [1.807, 2.05) is 17.4 Å². The highest BCUT2D eigenvalue weighted by Gasteiger charge is 2.46. The highest BCUT2D eigenvalue weighted by Crippen LogP contribution is 2.51. The van der Waals surface area contributed by atoms with E-state index < -0.39 is 0 Å². The van der Waals surface area contributed by atoms with E-state index in [2.05, 4.69) is 138 Å². The molecule has 0 saturated heterocycles. The second-order valence-electron chi connectivity index (χ2n) is 17.2. The minimum atomic E-state index is -0.0216. The Morgan fingerprint density at radius 1 is 0.574 bits per heavy atom. The lowest BCUT2D eigenvalue weighted by atomic mass is 9.36. The van der Waals surface area contributed by atoms with Crippen LogP contribution >= 0.6 is 11.3 Å². The molecule has 0 radical (unpaired) electrons. The predicted molar refractivity (Wildman–Crippen MR) is 225 cm³/mol. The van der Waals surface area contributed by atoms with Crippen molar-refractivity contribution in [3.05, 3.63) is 101 Å². The van der Waals surface area contributed by atoms with Crippen LogP contribution in [0.3, 0.4) is 0 Å². The Morgan fingerprint density at radius 3 is 1.85 bits per heavy atom. The summed E-state index contributed by atoms with van der Waals surface area (Å²) < 4.78 is 27.3. The van der Waals surface area contributed by atoms with Crippen LogP contribution in [0.2, 0.25) is 0 Å². The first-order valence-corrected chi connectivity index (χ1v) is 19.9. The lowest BCUT2D eigenvalue weighted by Crippen LogP contribution is -2.60. The predicted octanol–water partition coefficient (Wildman–Crippen LogP) is 9.74. The van der Waals surface area contributed by atoms with Gasteiger partial charge in [-0.3, -0.25) is 0 Å². The normalized spacial score (nSPS) is 15.6. The molecule has 4 aliphatic heterocycles. The first-order chi connectivity index (χ1) is 25.9. The third kappa shape index (κ3) is 4.98. The smallest absolute Gasteiger partial charge is 0.264 e. The molecular formula is C46H45BN2O4S. The SMILES string of the molecule is Cc1cc(C(C)(C)C)cc(C)c1N1c2cccc3c2B(c2cc4c(cc2N3c2ccc3c(c2)OCCO3)OCCO4)c2sc3ccc(C(C)(C)C)cc3c21. The van der Waals surface area contributed by atoms with E-state index in [1.165, 1.54) is 65.1 Å². The fourth-order valence-corrected chi connectivity index (χ4v) is 10.1. The molecule has 6 nitrogen and oxygen atoms in total. The van der Waals surface area contributed by atoms with Crippen molar-refractivity contribution in [3.8, 4) is 23.0 Å². The van der Waals surface area contributed by atoms with Gasteiger partial charge in [-0.1, -0.05) is 65.8 Å². The van der Waals surface area contributed by atoms with Gasteiger partial charge >= 0.3 is 0 Å². The minimum absolute atomic E-state index is 0.00570. The van der Waals surface area contributed by atoms with Crippen LogP contribution in [0.25, 0.3) is 10.1 Å². The van der Waals surface area contributed by atoms with Crippen LogP contribution in [0.15, 0.2) is 78.9 Å². The molecule has 0 N–H and O–H groups in total. The lowest BCUT2D eigenvalue weighted by molar-refractivity contribution is 0.171. The number of aryl methyl sites for hydroxylation is 2. The molecule has 5 aromatic carbocycles. The molecule has 1 aromatic heterocycles. The van der Waals surface area contributed by atoms with Gasteiger partial charge in [0.2, 0.25) is 0 Å². The van der Waals surface area contributed by atoms with E-state index in [0.717, 1.165) is 40.1 Å². The number of fused-ring (bicyclic) bond motifs is 8. The van der Waals surface area contributed by atoms with Gasteiger partial charge in [0.1, 0.15) is 26.4 Å². The van der Waals surface area contributed by atoms with E-state index in [4.69, 9.17) is 18.9 Å². The number of hydrogen-bond acceptors (Lipinski definition) is 7. The zero-order valence-corrected chi connectivity index (χ0v) is 33.2. The van der Waals surface area contributed by atoms with Gasteiger partial charge in [-0.25, -0.2) is 0 Å². The molecule has 0 amide bonds. The highest BCUT2D eigenvalue weighted by molar-refractivity contribution is 7.33. The van der Waals surface area contributed by atoms with Crippen LogP contribution < -0.4 is 44.4 Å². The Balaban J connectivity index is 1.30. The van der Waals surface area contributed by atoms with E-state index in [-0.39, 0.29) is 17.5 Å². The van der Waals surface area contributed by atoms with E-state index in [0.29, 0.717) is 26.4 Å². The van der Waals surface area contributed by atoms with Crippen molar-refractivity contribution in [2.24, 2.45) is 0 Å². The molecule has 272 valence electrons. The number of rotatable bonds is 2. The molecule has 8 heteroatoms. The Bertz CT molecular complexity index is 2520. The minimum Gasteiger partial charge on any atom is -0.486 e.